The molecule has 3 rings (SSSR count). The van der Waals surface area contributed by atoms with Gasteiger partial charge in [-0.05, 0) is 26.3 Å². The third-order valence-electron chi connectivity index (χ3n) is 5.62. The lowest BCUT2D eigenvalue weighted by Crippen LogP contribution is -2.46. The van der Waals surface area contributed by atoms with Gasteiger partial charge < -0.3 is 19.8 Å². The van der Waals surface area contributed by atoms with Crippen molar-refractivity contribution in [2.24, 2.45) is 11.8 Å². The van der Waals surface area contributed by atoms with Gasteiger partial charge in [0.15, 0.2) is 5.60 Å². The zero-order valence-corrected chi connectivity index (χ0v) is 15.1. The fourth-order valence-corrected chi connectivity index (χ4v) is 4.74. The average Bonchev–Trinajstić information content (AvgIpc) is 2.97. The maximum absolute atomic E-state index is 13.4. The van der Waals surface area contributed by atoms with Crippen LogP contribution in [0, 0.1) is 11.8 Å². The first-order chi connectivity index (χ1) is 11.8. The van der Waals surface area contributed by atoms with E-state index in [0.717, 1.165) is 11.3 Å². The maximum Gasteiger partial charge on any atom is 0.264 e. The van der Waals surface area contributed by atoms with Crippen LogP contribution in [0.3, 0.4) is 0 Å². The van der Waals surface area contributed by atoms with Gasteiger partial charge in [-0.25, -0.2) is 0 Å². The fourth-order valence-electron chi connectivity index (χ4n) is 4.74. The predicted molar refractivity (Wildman–Crippen MR) is 96.2 cm³/mol. The lowest BCUT2D eigenvalue weighted by Gasteiger charge is -2.34. The normalized spacial score (nSPS) is 31.6. The Balaban J connectivity index is 2.15. The molecular weight excluding hydrogens is 318 g/mol. The monoisotopic (exact) mass is 345 g/mol. The molecule has 25 heavy (non-hydrogen) atoms. The maximum atomic E-state index is 13.4. The highest BCUT2D eigenvalue weighted by atomic mass is 16.5. The number of amides is 1. The number of aliphatic hydroxyl groups is 2. The summed E-state index contributed by atoms with van der Waals surface area (Å²) in [6, 6.07) is 7.65. The van der Waals surface area contributed by atoms with E-state index in [2.05, 4.69) is 6.58 Å². The second kappa shape index (κ2) is 6.24. The summed E-state index contributed by atoms with van der Waals surface area (Å²) in [7, 11) is 0. The highest BCUT2D eigenvalue weighted by Crippen LogP contribution is 2.57. The van der Waals surface area contributed by atoms with Gasteiger partial charge in [-0.15, -0.1) is 6.58 Å². The third kappa shape index (κ3) is 2.53. The Kier molecular flexibility index (Phi) is 4.52. The van der Waals surface area contributed by atoms with Crippen LogP contribution in [0.15, 0.2) is 36.9 Å². The topological polar surface area (TPSA) is 70.0 Å². The molecular formula is C20H27NO4. The van der Waals surface area contributed by atoms with Crippen molar-refractivity contribution in [2.75, 3.05) is 18.1 Å². The van der Waals surface area contributed by atoms with Gasteiger partial charge in [0.25, 0.3) is 5.91 Å². The van der Waals surface area contributed by atoms with Crippen LogP contribution < -0.4 is 4.90 Å². The Morgan fingerprint density at radius 2 is 2.08 bits per heavy atom. The standard InChI is InChI=1S/C20H27NO4/c1-5-11-21-15-9-7-6-8-14(15)20(18(21)23)13(2)17(19(3,4)24)16(25-20)10-12-22/h5-9,13,16-17,22,24H,1,10-12H2,2-4H3/t13-,16+,17-,20+/m0/s1. The van der Waals surface area contributed by atoms with Crippen LogP contribution >= 0.6 is 0 Å². The number of carbonyl (C=O) groups is 1. The van der Waals surface area contributed by atoms with Crippen LogP contribution in [0.25, 0.3) is 0 Å². The number of anilines is 1. The zero-order chi connectivity index (χ0) is 18.4. The van der Waals surface area contributed by atoms with Gasteiger partial charge >= 0.3 is 0 Å². The molecule has 1 amide bonds. The van der Waals surface area contributed by atoms with Crippen LogP contribution in [0.5, 0.6) is 0 Å². The van der Waals surface area contributed by atoms with Crippen LogP contribution in [0.4, 0.5) is 5.69 Å². The molecule has 136 valence electrons. The summed E-state index contributed by atoms with van der Waals surface area (Å²) < 4.78 is 6.37. The van der Waals surface area contributed by atoms with Crippen LogP contribution in [0.1, 0.15) is 32.8 Å². The summed E-state index contributed by atoms with van der Waals surface area (Å²) in [4.78, 5) is 15.1. The molecule has 0 aliphatic carbocycles. The second-order valence-corrected chi connectivity index (χ2v) is 7.59. The molecule has 1 aromatic rings. The van der Waals surface area contributed by atoms with Crippen molar-refractivity contribution in [1.29, 1.82) is 0 Å². The smallest absolute Gasteiger partial charge is 0.264 e. The fraction of sp³-hybridized carbons (Fsp3) is 0.550. The van der Waals surface area contributed by atoms with E-state index in [4.69, 9.17) is 4.74 Å². The van der Waals surface area contributed by atoms with Crippen LogP contribution in [-0.4, -0.2) is 41.0 Å². The number of aliphatic hydroxyl groups excluding tert-OH is 1. The number of nitrogens with zero attached hydrogens (tertiary/aromatic N) is 1. The van der Waals surface area contributed by atoms with E-state index in [1.165, 1.54) is 0 Å². The van der Waals surface area contributed by atoms with Gasteiger partial charge in [0.05, 0.1) is 17.4 Å². The molecule has 5 nitrogen and oxygen atoms in total. The molecule has 2 N–H and O–H groups in total. The molecule has 0 saturated carbocycles. The molecule has 4 atom stereocenters. The number of fused-ring (bicyclic) bond motifs is 2. The minimum Gasteiger partial charge on any atom is -0.396 e. The highest BCUT2D eigenvalue weighted by molar-refractivity contribution is 6.07. The van der Waals surface area contributed by atoms with Gasteiger partial charge in [-0.3, -0.25) is 4.79 Å². The van der Waals surface area contributed by atoms with E-state index < -0.39 is 11.2 Å². The van der Waals surface area contributed by atoms with E-state index in [-0.39, 0.29) is 30.5 Å². The molecule has 1 spiro atoms. The predicted octanol–water partition coefficient (Wildman–Crippen LogP) is 2.22. The SMILES string of the molecule is C=CCN1C(=O)[C@]2(O[C@H](CCO)[C@@H](C(C)(C)O)[C@@H]2C)c2ccccc21. The number of carbonyl (C=O) groups excluding carboxylic acids is 1. The molecule has 0 aromatic heterocycles. The van der Waals surface area contributed by atoms with Gasteiger partial charge in [-0.1, -0.05) is 31.2 Å². The number of ether oxygens (including phenoxy) is 1. The molecule has 1 aromatic carbocycles. The van der Waals surface area contributed by atoms with Crippen molar-refractivity contribution in [3.63, 3.8) is 0 Å². The van der Waals surface area contributed by atoms with E-state index in [0.29, 0.717) is 13.0 Å². The summed E-state index contributed by atoms with van der Waals surface area (Å²) >= 11 is 0. The molecule has 1 fully saturated rings. The molecule has 2 heterocycles. The van der Waals surface area contributed by atoms with Crippen molar-refractivity contribution in [3.05, 3.63) is 42.5 Å². The van der Waals surface area contributed by atoms with E-state index >= 15 is 0 Å². The molecule has 1 saturated heterocycles. The largest absolute Gasteiger partial charge is 0.396 e. The first-order valence-corrected chi connectivity index (χ1v) is 8.82. The van der Waals surface area contributed by atoms with Crippen LogP contribution in [-0.2, 0) is 15.1 Å². The van der Waals surface area contributed by atoms with E-state index in [1.807, 2.05) is 31.2 Å². The molecule has 5 heteroatoms. The Bertz CT molecular complexity index is 681. The first kappa shape index (κ1) is 18.1. The Morgan fingerprint density at radius 3 is 2.68 bits per heavy atom. The summed E-state index contributed by atoms with van der Waals surface area (Å²) in [6.07, 6.45) is 1.70. The molecule has 0 bridgehead atoms. The molecule has 0 radical (unpaired) electrons. The lowest BCUT2D eigenvalue weighted by atomic mass is 9.71. The van der Waals surface area contributed by atoms with Gasteiger partial charge in [-0.2, -0.15) is 0 Å². The minimum atomic E-state index is -1.12. The third-order valence-corrected chi connectivity index (χ3v) is 5.62. The first-order valence-electron chi connectivity index (χ1n) is 8.82. The van der Waals surface area contributed by atoms with Crippen molar-refractivity contribution < 1.29 is 19.7 Å². The van der Waals surface area contributed by atoms with Crippen molar-refractivity contribution >= 4 is 11.6 Å². The highest BCUT2D eigenvalue weighted by Gasteiger charge is 2.65. The zero-order valence-electron chi connectivity index (χ0n) is 15.1. The van der Waals surface area contributed by atoms with Gasteiger partial charge in [0.1, 0.15) is 0 Å². The molecule has 0 unspecified atom stereocenters. The quantitative estimate of drug-likeness (QED) is 0.803. The summed E-state index contributed by atoms with van der Waals surface area (Å²) in [5.41, 5.74) is -0.476. The Hall–Kier alpha value is -1.69. The Labute approximate surface area is 148 Å². The second-order valence-electron chi connectivity index (χ2n) is 7.59. The van der Waals surface area contributed by atoms with Gasteiger partial charge in [0.2, 0.25) is 0 Å². The number of para-hydroxylation sites is 1. The lowest BCUT2D eigenvalue weighted by molar-refractivity contribution is -0.146. The molecule has 2 aliphatic rings. The van der Waals surface area contributed by atoms with E-state index in [1.54, 1.807) is 24.8 Å². The van der Waals surface area contributed by atoms with Crippen LogP contribution in [0.2, 0.25) is 0 Å². The minimum absolute atomic E-state index is 0.0493. The molecule has 2 aliphatic heterocycles. The van der Waals surface area contributed by atoms with Gasteiger partial charge in [0, 0.05) is 30.6 Å². The Morgan fingerprint density at radius 1 is 1.40 bits per heavy atom. The van der Waals surface area contributed by atoms with Crippen molar-refractivity contribution in [1.82, 2.24) is 0 Å². The number of rotatable bonds is 5. The summed E-state index contributed by atoms with van der Waals surface area (Å²) in [6.45, 7) is 9.57. The summed E-state index contributed by atoms with van der Waals surface area (Å²) in [5.74, 6) is -0.608. The van der Waals surface area contributed by atoms with E-state index in [9.17, 15) is 15.0 Å². The van der Waals surface area contributed by atoms with Crippen molar-refractivity contribution in [3.8, 4) is 0 Å². The number of benzene rings is 1. The average molecular weight is 345 g/mol. The number of hydrogen-bond acceptors (Lipinski definition) is 4. The van der Waals surface area contributed by atoms with Crippen molar-refractivity contribution in [2.45, 2.75) is 44.5 Å². The summed E-state index contributed by atoms with van der Waals surface area (Å²) in [5, 5.41) is 20.2. The number of hydrogen-bond donors (Lipinski definition) is 2.